The highest BCUT2D eigenvalue weighted by Crippen LogP contribution is 2.26. The Kier molecular flexibility index (Phi) is 3.74. The number of pyridine rings is 1. The van der Waals surface area contributed by atoms with Gasteiger partial charge >= 0.3 is 0 Å². The molecule has 0 aliphatic heterocycles. The number of nitrogens with one attached hydrogen (secondary N) is 1. The van der Waals surface area contributed by atoms with E-state index in [0.29, 0.717) is 29.3 Å². The third kappa shape index (κ3) is 2.63. The zero-order valence-electron chi connectivity index (χ0n) is 11.9. The van der Waals surface area contributed by atoms with Crippen LogP contribution in [-0.2, 0) is 11.3 Å². The first-order valence-corrected chi connectivity index (χ1v) is 6.74. The zero-order valence-corrected chi connectivity index (χ0v) is 11.9. The van der Waals surface area contributed by atoms with Crippen LogP contribution in [0.1, 0.15) is 11.1 Å². The molecule has 0 radical (unpaired) electrons. The Bertz CT molecular complexity index is 829. The van der Waals surface area contributed by atoms with E-state index in [2.05, 4.69) is 10.3 Å². The van der Waals surface area contributed by atoms with Crippen molar-refractivity contribution in [1.82, 2.24) is 9.38 Å². The van der Waals surface area contributed by atoms with Gasteiger partial charge in [-0.2, -0.15) is 0 Å². The molecule has 2 aromatic heterocycles. The molecule has 0 amide bonds. The predicted molar refractivity (Wildman–Crippen MR) is 80.3 cm³/mol. The maximum Gasteiger partial charge on any atom is 0.299 e. The number of carbonyl (C=O) groups is 1. The van der Waals surface area contributed by atoms with E-state index in [1.807, 2.05) is 6.92 Å². The third-order valence-electron chi connectivity index (χ3n) is 3.35. The van der Waals surface area contributed by atoms with Gasteiger partial charge in [-0.15, -0.1) is 0 Å². The Balaban J connectivity index is 1.91. The molecule has 0 unspecified atom stereocenters. The van der Waals surface area contributed by atoms with Crippen molar-refractivity contribution in [3.63, 3.8) is 0 Å². The minimum absolute atomic E-state index is 0.278. The number of aryl methyl sites for hydroxylation is 1. The van der Waals surface area contributed by atoms with Crippen LogP contribution >= 0.6 is 0 Å². The van der Waals surface area contributed by atoms with E-state index in [0.717, 1.165) is 5.56 Å². The van der Waals surface area contributed by atoms with Crippen LogP contribution in [0.3, 0.4) is 0 Å². The van der Waals surface area contributed by atoms with Crippen molar-refractivity contribution in [2.75, 3.05) is 5.32 Å². The summed E-state index contributed by atoms with van der Waals surface area (Å²) in [5, 5.41) is 3.09. The fourth-order valence-electron chi connectivity index (χ4n) is 2.30. The van der Waals surface area contributed by atoms with E-state index in [1.54, 1.807) is 41.1 Å². The van der Waals surface area contributed by atoms with Crippen molar-refractivity contribution in [3.05, 3.63) is 59.7 Å². The molecule has 0 atom stereocenters. The summed E-state index contributed by atoms with van der Waals surface area (Å²) in [6.07, 6.45) is 3.30. The molecule has 0 aliphatic rings. The highest BCUT2D eigenvalue weighted by atomic mass is 19.1. The highest BCUT2D eigenvalue weighted by Gasteiger charge is 2.10. The molecule has 0 saturated heterocycles. The first-order chi connectivity index (χ1) is 10.7. The van der Waals surface area contributed by atoms with E-state index in [1.165, 1.54) is 6.07 Å². The second-order valence-corrected chi connectivity index (χ2v) is 4.87. The van der Waals surface area contributed by atoms with Gasteiger partial charge in [0.15, 0.2) is 0 Å². The van der Waals surface area contributed by atoms with Gasteiger partial charge in [0.2, 0.25) is 5.88 Å². The molecule has 1 aromatic carbocycles. The molecular weight excluding hydrogens is 285 g/mol. The average molecular weight is 299 g/mol. The van der Waals surface area contributed by atoms with E-state index < -0.39 is 0 Å². The van der Waals surface area contributed by atoms with Gasteiger partial charge in [-0.3, -0.25) is 9.20 Å². The molecule has 112 valence electrons. The monoisotopic (exact) mass is 299 g/mol. The number of rotatable bonds is 5. The standard InChI is InChI=1S/C16H14FN3O2/c1-11-2-3-13(17)12(8-11)9-19-14-4-5-15-18-6-7-20(15)16(14)22-10-21/h2-8,10,19H,9H2,1H3. The molecule has 0 saturated carbocycles. The smallest absolute Gasteiger partial charge is 0.299 e. The maximum absolute atomic E-state index is 13.8. The SMILES string of the molecule is Cc1ccc(F)c(CNc2ccc3nccn3c2OC=O)c1. The molecule has 5 nitrogen and oxygen atoms in total. The molecule has 0 bridgehead atoms. The number of ether oxygens (including phenoxy) is 1. The summed E-state index contributed by atoms with van der Waals surface area (Å²) in [4.78, 5) is 14.8. The van der Waals surface area contributed by atoms with Crippen molar-refractivity contribution in [3.8, 4) is 5.88 Å². The van der Waals surface area contributed by atoms with Gasteiger partial charge in [0, 0.05) is 24.5 Å². The molecule has 1 N–H and O–H groups in total. The molecule has 3 rings (SSSR count). The molecule has 0 fully saturated rings. The van der Waals surface area contributed by atoms with E-state index in [4.69, 9.17) is 4.74 Å². The van der Waals surface area contributed by atoms with E-state index in [-0.39, 0.29) is 12.4 Å². The van der Waals surface area contributed by atoms with Crippen LogP contribution in [0.4, 0.5) is 10.1 Å². The van der Waals surface area contributed by atoms with Crippen molar-refractivity contribution in [1.29, 1.82) is 0 Å². The Hall–Kier alpha value is -2.89. The molecule has 0 aliphatic carbocycles. The first-order valence-electron chi connectivity index (χ1n) is 6.74. The fraction of sp³-hybridized carbons (Fsp3) is 0.125. The summed E-state index contributed by atoms with van der Waals surface area (Å²) in [6, 6.07) is 8.46. The predicted octanol–water partition coefficient (Wildman–Crippen LogP) is 2.93. The molecule has 3 aromatic rings. The summed E-state index contributed by atoms with van der Waals surface area (Å²) >= 11 is 0. The number of hydrogen-bond acceptors (Lipinski definition) is 4. The molecule has 2 heterocycles. The Morgan fingerprint density at radius 2 is 2.23 bits per heavy atom. The summed E-state index contributed by atoms with van der Waals surface area (Å²) in [7, 11) is 0. The average Bonchev–Trinajstić information content (AvgIpc) is 2.98. The minimum atomic E-state index is -0.278. The quantitative estimate of drug-likeness (QED) is 0.736. The van der Waals surface area contributed by atoms with Gasteiger partial charge in [-0.05, 0) is 25.1 Å². The lowest BCUT2D eigenvalue weighted by molar-refractivity contribution is -0.120. The van der Waals surface area contributed by atoms with Crippen LogP contribution in [0.2, 0.25) is 0 Å². The van der Waals surface area contributed by atoms with Crippen LogP contribution in [-0.4, -0.2) is 15.9 Å². The van der Waals surface area contributed by atoms with Crippen LogP contribution in [0, 0.1) is 12.7 Å². The number of anilines is 1. The molecule has 6 heteroatoms. The number of hydrogen-bond donors (Lipinski definition) is 1. The number of nitrogens with zero attached hydrogens (tertiary/aromatic N) is 2. The number of benzene rings is 1. The van der Waals surface area contributed by atoms with Crippen molar-refractivity contribution in [2.24, 2.45) is 0 Å². The topological polar surface area (TPSA) is 55.6 Å². The van der Waals surface area contributed by atoms with E-state index >= 15 is 0 Å². The van der Waals surface area contributed by atoms with Crippen LogP contribution in [0.5, 0.6) is 5.88 Å². The second kappa shape index (κ2) is 5.85. The van der Waals surface area contributed by atoms with Gasteiger partial charge in [0.1, 0.15) is 11.5 Å². The van der Waals surface area contributed by atoms with Gasteiger partial charge in [-0.25, -0.2) is 9.37 Å². The lowest BCUT2D eigenvalue weighted by Crippen LogP contribution is -2.06. The minimum Gasteiger partial charge on any atom is -0.409 e. The van der Waals surface area contributed by atoms with Gasteiger partial charge in [0.25, 0.3) is 6.47 Å². The Labute approximate surface area is 126 Å². The number of aromatic nitrogens is 2. The summed E-state index contributed by atoms with van der Waals surface area (Å²) in [6.45, 7) is 2.54. The normalized spacial score (nSPS) is 10.6. The van der Waals surface area contributed by atoms with Gasteiger partial charge in [-0.1, -0.05) is 17.7 Å². The van der Waals surface area contributed by atoms with Crippen molar-refractivity contribution in [2.45, 2.75) is 13.5 Å². The summed E-state index contributed by atoms with van der Waals surface area (Å²) in [5.74, 6) is 0.0396. The number of fused-ring (bicyclic) bond motifs is 1. The lowest BCUT2D eigenvalue weighted by Gasteiger charge is -2.12. The second-order valence-electron chi connectivity index (χ2n) is 4.87. The summed E-state index contributed by atoms with van der Waals surface area (Å²) in [5.41, 5.74) is 2.76. The number of halogens is 1. The number of imidazole rings is 1. The molecule has 0 spiro atoms. The fourth-order valence-corrected chi connectivity index (χ4v) is 2.30. The molecular formula is C16H14FN3O2. The van der Waals surface area contributed by atoms with Crippen LogP contribution < -0.4 is 10.1 Å². The zero-order chi connectivity index (χ0) is 15.5. The van der Waals surface area contributed by atoms with Gasteiger partial charge < -0.3 is 10.1 Å². The lowest BCUT2D eigenvalue weighted by atomic mass is 10.1. The van der Waals surface area contributed by atoms with E-state index in [9.17, 15) is 9.18 Å². The number of carbonyl (C=O) groups excluding carboxylic acids is 1. The first kappa shape index (κ1) is 14.1. The van der Waals surface area contributed by atoms with Crippen LogP contribution in [0.15, 0.2) is 42.7 Å². The summed E-state index contributed by atoms with van der Waals surface area (Å²) < 4.78 is 20.5. The third-order valence-corrected chi connectivity index (χ3v) is 3.35. The van der Waals surface area contributed by atoms with Crippen molar-refractivity contribution < 1.29 is 13.9 Å². The highest BCUT2D eigenvalue weighted by molar-refractivity contribution is 5.63. The Morgan fingerprint density at radius 1 is 1.36 bits per heavy atom. The largest absolute Gasteiger partial charge is 0.409 e. The van der Waals surface area contributed by atoms with Crippen LogP contribution in [0.25, 0.3) is 5.65 Å². The maximum atomic E-state index is 13.8. The molecule has 22 heavy (non-hydrogen) atoms. The Morgan fingerprint density at radius 3 is 3.05 bits per heavy atom. The van der Waals surface area contributed by atoms with Crippen molar-refractivity contribution >= 4 is 17.8 Å². The van der Waals surface area contributed by atoms with Gasteiger partial charge in [0.05, 0.1) is 5.69 Å².